The van der Waals surface area contributed by atoms with E-state index < -0.39 is 0 Å². The Hall–Kier alpha value is -4.43. The maximum absolute atomic E-state index is 7.03. The number of aryl methyl sites for hydroxylation is 4. The number of nitrogens with two attached hydrogens (primary N) is 1. The van der Waals surface area contributed by atoms with Gasteiger partial charge in [0.2, 0.25) is 0 Å². The summed E-state index contributed by atoms with van der Waals surface area (Å²) in [5.41, 5.74) is 21.0. The number of aliphatic imine (C=N–C) groups is 1. The predicted molar refractivity (Wildman–Crippen MR) is 158 cm³/mol. The monoisotopic (exact) mass is 480 g/mol. The van der Waals surface area contributed by atoms with E-state index in [0.29, 0.717) is 0 Å². The molecular formula is C35H32N2. The minimum absolute atomic E-state index is 0.753. The molecule has 0 saturated carbocycles. The van der Waals surface area contributed by atoms with Gasteiger partial charge in [-0.15, -0.1) is 0 Å². The quantitative estimate of drug-likeness (QED) is 0.285. The summed E-state index contributed by atoms with van der Waals surface area (Å²) in [7, 11) is 0. The molecule has 182 valence electrons. The summed E-state index contributed by atoms with van der Waals surface area (Å²) >= 11 is 0. The first-order valence-electron chi connectivity index (χ1n) is 12.7. The van der Waals surface area contributed by atoms with E-state index in [2.05, 4.69) is 131 Å². The third-order valence-electron chi connectivity index (χ3n) is 7.04. The Morgan fingerprint density at radius 3 is 1.92 bits per heavy atom. The van der Waals surface area contributed by atoms with Crippen LogP contribution in [0.5, 0.6) is 0 Å². The van der Waals surface area contributed by atoms with Crippen molar-refractivity contribution in [2.24, 2.45) is 10.7 Å². The van der Waals surface area contributed by atoms with Gasteiger partial charge in [-0.25, -0.2) is 4.99 Å². The number of nitrogens with zero attached hydrogens (tertiary/aromatic N) is 1. The number of allylic oxidation sites excluding steroid dienone is 5. The summed E-state index contributed by atoms with van der Waals surface area (Å²) in [5, 5.41) is 0. The summed E-state index contributed by atoms with van der Waals surface area (Å²) in [6.45, 7) is 8.55. The zero-order chi connectivity index (χ0) is 25.9. The highest BCUT2D eigenvalue weighted by Crippen LogP contribution is 2.37. The van der Waals surface area contributed by atoms with E-state index in [1.807, 2.05) is 6.07 Å². The van der Waals surface area contributed by atoms with Crippen molar-refractivity contribution < 1.29 is 0 Å². The number of hydrogen-bond acceptors (Lipinski definition) is 2. The van der Waals surface area contributed by atoms with Crippen molar-refractivity contribution >= 4 is 17.1 Å². The molecule has 0 fully saturated rings. The average Bonchev–Trinajstić information content (AvgIpc) is 3.38. The fourth-order valence-electron chi connectivity index (χ4n) is 5.15. The first-order valence-corrected chi connectivity index (χ1v) is 12.7. The number of rotatable bonds is 5. The van der Waals surface area contributed by atoms with Crippen LogP contribution in [-0.4, -0.2) is 5.71 Å². The van der Waals surface area contributed by atoms with Crippen LogP contribution in [0.2, 0.25) is 0 Å². The second-order valence-electron chi connectivity index (χ2n) is 9.65. The molecule has 1 aliphatic rings. The molecule has 0 bridgehead atoms. The largest absolute Gasteiger partial charge is 0.398 e. The highest BCUT2D eigenvalue weighted by Gasteiger charge is 2.21. The fraction of sp³-hybridized carbons (Fsp3) is 0.114. The second kappa shape index (κ2) is 10.3. The Labute approximate surface area is 220 Å². The van der Waals surface area contributed by atoms with Gasteiger partial charge in [0.1, 0.15) is 0 Å². The summed E-state index contributed by atoms with van der Waals surface area (Å²) in [5.74, 6) is 0. The SMILES string of the molecule is Cc1cccc(C)c1N=C(C1=CC=CC1=C(N)c1ccccc1-c1c(C)cccc1C)c1ccccc1. The van der Waals surface area contributed by atoms with Crippen molar-refractivity contribution in [3.05, 3.63) is 154 Å². The van der Waals surface area contributed by atoms with Crippen molar-refractivity contribution in [2.75, 3.05) is 0 Å². The van der Waals surface area contributed by atoms with Crippen LogP contribution in [0.3, 0.4) is 0 Å². The van der Waals surface area contributed by atoms with E-state index in [0.717, 1.165) is 56.1 Å². The molecule has 0 aliphatic heterocycles. The highest BCUT2D eigenvalue weighted by atomic mass is 14.8. The molecule has 2 nitrogen and oxygen atoms in total. The van der Waals surface area contributed by atoms with Crippen LogP contribution in [0.1, 0.15) is 33.4 Å². The first-order chi connectivity index (χ1) is 18.0. The number of benzene rings is 4. The standard InChI is InChI=1S/C35H32N2/c1-23-13-10-14-24(2)32(23)28-19-8-9-20-29(28)33(36)30-21-12-22-31(30)35(27-17-6-5-7-18-27)37-34-25(3)15-11-16-26(34)4/h5-22H,36H2,1-4H3. The highest BCUT2D eigenvalue weighted by molar-refractivity contribution is 6.18. The van der Waals surface area contributed by atoms with Crippen LogP contribution >= 0.6 is 0 Å². The second-order valence-corrected chi connectivity index (χ2v) is 9.65. The zero-order valence-electron chi connectivity index (χ0n) is 21.9. The van der Waals surface area contributed by atoms with E-state index in [-0.39, 0.29) is 0 Å². The summed E-state index contributed by atoms with van der Waals surface area (Å²) in [6, 6.07) is 31.6. The topological polar surface area (TPSA) is 38.4 Å². The molecule has 0 spiro atoms. The van der Waals surface area contributed by atoms with Gasteiger partial charge in [0.15, 0.2) is 0 Å². The minimum Gasteiger partial charge on any atom is -0.398 e. The molecule has 4 aromatic rings. The maximum atomic E-state index is 7.03. The molecule has 0 aromatic heterocycles. The molecule has 0 radical (unpaired) electrons. The molecule has 5 rings (SSSR count). The van der Waals surface area contributed by atoms with Gasteiger partial charge in [-0.3, -0.25) is 0 Å². The van der Waals surface area contributed by atoms with Crippen LogP contribution < -0.4 is 5.73 Å². The Balaban J connectivity index is 1.71. The molecule has 0 unspecified atom stereocenters. The van der Waals surface area contributed by atoms with E-state index >= 15 is 0 Å². The Bertz CT molecular complexity index is 1560. The molecule has 37 heavy (non-hydrogen) atoms. The van der Waals surface area contributed by atoms with Crippen molar-refractivity contribution in [1.82, 2.24) is 0 Å². The molecular weight excluding hydrogens is 448 g/mol. The molecule has 2 N–H and O–H groups in total. The van der Waals surface area contributed by atoms with Crippen molar-refractivity contribution in [1.29, 1.82) is 0 Å². The third kappa shape index (κ3) is 4.71. The van der Waals surface area contributed by atoms with Crippen LogP contribution in [0.25, 0.3) is 16.8 Å². The molecule has 4 aromatic carbocycles. The van der Waals surface area contributed by atoms with E-state index in [9.17, 15) is 0 Å². The van der Waals surface area contributed by atoms with Crippen molar-refractivity contribution in [3.8, 4) is 11.1 Å². The molecule has 0 atom stereocenters. The minimum atomic E-state index is 0.753. The summed E-state index contributed by atoms with van der Waals surface area (Å²) in [4.78, 5) is 5.26. The summed E-state index contributed by atoms with van der Waals surface area (Å²) < 4.78 is 0. The fourth-order valence-corrected chi connectivity index (χ4v) is 5.15. The van der Waals surface area contributed by atoms with Crippen LogP contribution in [0, 0.1) is 27.7 Å². The number of hydrogen-bond donors (Lipinski definition) is 1. The van der Waals surface area contributed by atoms with Gasteiger partial charge in [0.05, 0.1) is 11.4 Å². The van der Waals surface area contributed by atoms with E-state index in [4.69, 9.17) is 10.7 Å². The normalized spacial score (nSPS) is 14.6. The first kappa shape index (κ1) is 24.3. The summed E-state index contributed by atoms with van der Waals surface area (Å²) in [6.07, 6.45) is 6.31. The van der Waals surface area contributed by atoms with Gasteiger partial charge < -0.3 is 5.73 Å². The lowest BCUT2D eigenvalue weighted by atomic mass is 9.88. The lowest BCUT2D eigenvalue weighted by Gasteiger charge is -2.18. The van der Waals surface area contributed by atoms with Gasteiger partial charge in [0.25, 0.3) is 0 Å². The third-order valence-corrected chi connectivity index (χ3v) is 7.04. The van der Waals surface area contributed by atoms with Crippen molar-refractivity contribution in [2.45, 2.75) is 27.7 Å². The lowest BCUT2D eigenvalue weighted by molar-refractivity contribution is 1.32. The van der Waals surface area contributed by atoms with Crippen molar-refractivity contribution in [3.63, 3.8) is 0 Å². The van der Waals surface area contributed by atoms with Crippen LogP contribution in [0.15, 0.2) is 125 Å². The number of para-hydroxylation sites is 1. The molecule has 0 heterocycles. The predicted octanol–water partition coefficient (Wildman–Crippen LogP) is 8.57. The lowest BCUT2D eigenvalue weighted by Crippen LogP contribution is -2.10. The molecule has 1 aliphatic carbocycles. The smallest absolute Gasteiger partial charge is 0.0788 e. The van der Waals surface area contributed by atoms with Gasteiger partial charge in [-0.2, -0.15) is 0 Å². The molecule has 2 heteroatoms. The molecule has 0 saturated heterocycles. The Morgan fingerprint density at radius 1 is 0.649 bits per heavy atom. The van der Waals surface area contributed by atoms with E-state index in [1.54, 1.807) is 0 Å². The van der Waals surface area contributed by atoms with Gasteiger partial charge >= 0.3 is 0 Å². The molecule has 0 amide bonds. The Kier molecular flexibility index (Phi) is 6.74. The van der Waals surface area contributed by atoms with Gasteiger partial charge in [-0.1, -0.05) is 109 Å². The van der Waals surface area contributed by atoms with E-state index in [1.165, 1.54) is 16.7 Å². The Morgan fingerprint density at radius 2 is 1.24 bits per heavy atom. The van der Waals surface area contributed by atoms with Crippen LogP contribution in [0.4, 0.5) is 5.69 Å². The zero-order valence-corrected chi connectivity index (χ0v) is 21.9. The van der Waals surface area contributed by atoms with Gasteiger partial charge in [0, 0.05) is 28.0 Å². The average molecular weight is 481 g/mol. The maximum Gasteiger partial charge on any atom is 0.0788 e. The van der Waals surface area contributed by atoms with Crippen LogP contribution in [-0.2, 0) is 0 Å². The van der Waals surface area contributed by atoms with Gasteiger partial charge in [-0.05, 0) is 61.1 Å².